The third-order valence-corrected chi connectivity index (χ3v) is 7.16. The molecule has 0 aromatic carbocycles. The molecule has 1 saturated carbocycles. The fourth-order valence-corrected chi connectivity index (χ4v) is 5.48. The van der Waals surface area contributed by atoms with E-state index < -0.39 is 60.6 Å². The molecule has 0 aromatic heterocycles. The van der Waals surface area contributed by atoms with Gasteiger partial charge in [-0.2, -0.15) is 0 Å². The third-order valence-electron chi connectivity index (χ3n) is 7.16. The van der Waals surface area contributed by atoms with Crippen LogP contribution in [-0.2, 0) is 23.7 Å². The summed E-state index contributed by atoms with van der Waals surface area (Å²) in [7, 11) is 0. The molecule has 170 valence electrons. The number of hydrogen-bond donors (Lipinski definition) is 5. The Morgan fingerprint density at radius 3 is 2.74 bits per heavy atom. The van der Waals surface area contributed by atoms with Crippen LogP contribution in [0.3, 0.4) is 0 Å². The van der Waals surface area contributed by atoms with E-state index in [4.69, 9.17) is 18.9 Å². The highest BCUT2D eigenvalue weighted by atomic mass is 16.7. The van der Waals surface area contributed by atoms with Crippen LogP contribution in [-0.4, -0.2) is 93.4 Å². The van der Waals surface area contributed by atoms with E-state index >= 15 is 0 Å². The van der Waals surface area contributed by atoms with Gasteiger partial charge in [0.05, 0.1) is 31.3 Å². The Labute approximate surface area is 178 Å². The minimum Gasteiger partial charge on any atom is -0.424 e. The summed E-state index contributed by atoms with van der Waals surface area (Å²) in [4.78, 5) is 12.8. The number of carbonyl (C=O) groups excluding carboxylic acids is 1. The Bertz CT molecular complexity index is 864. The molecule has 6 rings (SSSR count). The van der Waals surface area contributed by atoms with Gasteiger partial charge in [-0.25, -0.2) is 4.79 Å². The number of ether oxygens (including phenoxy) is 4. The number of rotatable bonds is 4. The summed E-state index contributed by atoms with van der Waals surface area (Å²) in [5.74, 6) is -2.64. The standard InChI is InChI=1S/C21H26O10/c1-9-2-3-12-14(9)21-11(4-5-20(12,27)8-29-21)10(18(26)31-21)7-28-19-17(25)16(24)15(23)13(6-22)30-19/h4-5,12-17,19,22-25,27H,1-3,6-8H2. The molecule has 5 N–H and O–H groups in total. The van der Waals surface area contributed by atoms with Gasteiger partial charge in [0.15, 0.2) is 6.29 Å². The molecule has 6 aliphatic rings. The molecule has 0 radical (unpaired) electrons. The van der Waals surface area contributed by atoms with Crippen LogP contribution in [0.4, 0.5) is 0 Å². The minimum atomic E-state index is -1.59. The van der Waals surface area contributed by atoms with Crippen molar-refractivity contribution in [3.63, 3.8) is 0 Å². The lowest BCUT2D eigenvalue weighted by Crippen LogP contribution is -2.59. The topological polar surface area (TPSA) is 155 Å². The number of fused-ring (bicyclic) bond motifs is 1. The van der Waals surface area contributed by atoms with E-state index in [1.54, 1.807) is 12.2 Å². The highest BCUT2D eigenvalue weighted by Gasteiger charge is 2.66. The van der Waals surface area contributed by atoms with Gasteiger partial charge >= 0.3 is 5.97 Å². The Balaban J connectivity index is 1.44. The summed E-state index contributed by atoms with van der Waals surface area (Å²) in [6.07, 6.45) is -2.57. The third kappa shape index (κ3) is 2.91. The summed E-state index contributed by atoms with van der Waals surface area (Å²) in [6, 6.07) is 0. The number of esters is 1. The first-order chi connectivity index (χ1) is 14.7. The fraction of sp³-hybridized carbons (Fsp3) is 0.667. The van der Waals surface area contributed by atoms with E-state index in [0.29, 0.717) is 18.4 Å². The molecule has 31 heavy (non-hydrogen) atoms. The van der Waals surface area contributed by atoms with Gasteiger partial charge in [0.2, 0.25) is 5.79 Å². The molecule has 9 unspecified atom stereocenters. The molecule has 4 heterocycles. The molecule has 0 aromatic rings. The SMILES string of the molecule is C=C1CCC2C1C13OCC2(O)C=CC1=C(COC1OC(CO)C(O)C(O)C1O)C(=O)O3. The number of hydrogen-bond acceptors (Lipinski definition) is 10. The van der Waals surface area contributed by atoms with Crippen LogP contribution >= 0.6 is 0 Å². The molecule has 0 amide bonds. The van der Waals surface area contributed by atoms with Crippen LogP contribution in [0.1, 0.15) is 12.8 Å². The minimum absolute atomic E-state index is 0.0183. The largest absolute Gasteiger partial charge is 0.424 e. The molecule has 10 nitrogen and oxygen atoms in total. The normalized spacial score (nSPS) is 48.6. The van der Waals surface area contributed by atoms with Crippen molar-refractivity contribution in [2.24, 2.45) is 11.8 Å². The van der Waals surface area contributed by atoms with Crippen molar-refractivity contribution in [3.05, 3.63) is 35.5 Å². The van der Waals surface area contributed by atoms with Crippen molar-refractivity contribution in [1.82, 2.24) is 0 Å². The monoisotopic (exact) mass is 438 g/mol. The van der Waals surface area contributed by atoms with Gasteiger partial charge in [0, 0.05) is 11.5 Å². The molecule has 9 atom stereocenters. The summed E-state index contributed by atoms with van der Waals surface area (Å²) in [5, 5.41) is 50.4. The van der Waals surface area contributed by atoms with Crippen molar-refractivity contribution in [2.75, 3.05) is 19.8 Å². The predicted octanol–water partition coefficient (Wildman–Crippen LogP) is -1.73. The summed E-state index contributed by atoms with van der Waals surface area (Å²) in [6.45, 7) is 3.16. The van der Waals surface area contributed by atoms with Gasteiger partial charge in [-0.15, -0.1) is 0 Å². The van der Waals surface area contributed by atoms with Crippen molar-refractivity contribution < 1.29 is 49.3 Å². The Morgan fingerprint density at radius 1 is 1.23 bits per heavy atom. The van der Waals surface area contributed by atoms with Crippen molar-refractivity contribution in [3.8, 4) is 0 Å². The predicted molar refractivity (Wildman–Crippen MR) is 101 cm³/mol. The maximum atomic E-state index is 12.8. The molecule has 4 aliphatic heterocycles. The first kappa shape index (κ1) is 21.2. The second-order valence-corrected chi connectivity index (χ2v) is 8.85. The summed E-state index contributed by atoms with van der Waals surface area (Å²) < 4.78 is 22.6. The second-order valence-electron chi connectivity index (χ2n) is 8.85. The highest BCUT2D eigenvalue weighted by Crippen LogP contribution is 2.59. The molecular formula is C21H26O10. The van der Waals surface area contributed by atoms with Crippen molar-refractivity contribution in [2.45, 2.75) is 54.9 Å². The molecule has 2 aliphatic carbocycles. The van der Waals surface area contributed by atoms with E-state index in [1.165, 1.54) is 0 Å². The molecule has 10 heteroatoms. The van der Waals surface area contributed by atoms with Crippen LogP contribution < -0.4 is 0 Å². The van der Waals surface area contributed by atoms with Gasteiger partial charge in [-0.1, -0.05) is 18.2 Å². The van der Waals surface area contributed by atoms with Crippen LogP contribution in [0.25, 0.3) is 0 Å². The lowest BCUT2D eigenvalue weighted by atomic mass is 9.74. The van der Waals surface area contributed by atoms with E-state index in [9.17, 15) is 30.3 Å². The maximum absolute atomic E-state index is 12.8. The van der Waals surface area contributed by atoms with Crippen molar-refractivity contribution in [1.29, 1.82) is 0 Å². The molecule has 3 fully saturated rings. The molecule has 2 saturated heterocycles. The van der Waals surface area contributed by atoms with E-state index in [1.807, 2.05) is 0 Å². The van der Waals surface area contributed by atoms with Crippen LogP contribution in [0.2, 0.25) is 0 Å². The van der Waals surface area contributed by atoms with E-state index in [2.05, 4.69) is 6.58 Å². The van der Waals surface area contributed by atoms with Gasteiger partial charge in [-0.05, 0) is 18.9 Å². The average Bonchev–Trinajstić information content (AvgIpc) is 3.19. The zero-order valence-corrected chi connectivity index (χ0v) is 16.7. The molecule has 1 spiro atoms. The summed E-state index contributed by atoms with van der Waals surface area (Å²) in [5.41, 5.74) is 0.210. The average molecular weight is 438 g/mol. The molecular weight excluding hydrogens is 412 g/mol. The van der Waals surface area contributed by atoms with Gasteiger partial charge in [0.1, 0.15) is 30.0 Å². The lowest BCUT2D eigenvalue weighted by Gasteiger charge is -2.47. The van der Waals surface area contributed by atoms with Crippen LogP contribution in [0.15, 0.2) is 35.5 Å². The van der Waals surface area contributed by atoms with E-state index in [-0.39, 0.29) is 24.7 Å². The van der Waals surface area contributed by atoms with Crippen LogP contribution in [0, 0.1) is 11.8 Å². The number of aliphatic hydroxyl groups excluding tert-OH is 4. The zero-order chi connectivity index (χ0) is 22.1. The fourth-order valence-electron chi connectivity index (χ4n) is 5.48. The Hall–Kier alpha value is -1.63. The smallest absolute Gasteiger partial charge is 0.339 e. The Morgan fingerprint density at radius 2 is 2.00 bits per heavy atom. The van der Waals surface area contributed by atoms with Crippen molar-refractivity contribution >= 4 is 5.97 Å². The lowest BCUT2D eigenvalue weighted by molar-refractivity contribution is -0.299. The van der Waals surface area contributed by atoms with E-state index in [0.717, 1.165) is 5.57 Å². The Kier molecular flexibility index (Phi) is 4.92. The second kappa shape index (κ2) is 7.19. The molecule has 2 bridgehead atoms. The quantitative estimate of drug-likeness (QED) is 0.252. The number of aliphatic hydroxyl groups is 5. The summed E-state index contributed by atoms with van der Waals surface area (Å²) >= 11 is 0. The maximum Gasteiger partial charge on any atom is 0.339 e. The van der Waals surface area contributed by atoms with Gasteiger partial charge in [0.25, 0.3) is 0 Å². The zero-order valence-electron chi connectivity index (χ0n) is 16.7. The number of carbonyl (C=O) groups is 1. The first-order valence-corrected chi connectivity index (χ1v) is 10.3. The van der Waals surface area contributed by atoms with Crippen LogP contribution in [0.5, 0.6) is 0 Å². The highest BCUT2D eigenvalue weighted by molar-refractivity contribution is 5.94. The van der Waals surface area contributed by atoms with Gasteiger partial charge in [-0.3, -0.25) is 0 Å². The first-order valence-electron chi connectivity index (χ1n) is 10.3. The van der Waals surface area contributed by atoms with Gasteiger partial charge < -0.3 is 44.5 Å².